The molecule has 2 aromatic rings. The third-order valence-electron chi connectivity index (χ3n) is 7.24. The first-order valence-electron chi connectivity index (χ1n) is 12.0. The highest BCUT2D eigenvalue weighted by atomic mass is 14.7. The Morgan fingerprint density at radius 2 is 1.34 bits per heavy atom. The Kier molecular flexibility index (Phi) is 8.27. The maximum absolute atomic E-state index is 4.60. The fraction of sp³-hybridized carbons (Fsp3) is 0.630. The monoisotopic (exact) mass is 392 g/mol. The van der Waals surface area contributed by atoms with Crippen LogP contribution in [0.5, 0.6) is 0 Å². The van der Waals surface area contributed by atoms with Gasteiger partial charge in [-0.25, -0.2) is 0 Å². The van der Waals surface area contributed by atoms with Crippen LogP contribution in [0.1, 0.15) is 107 Å². The Labute approximate surface area is 178 Å². The zero-order valence-electron chi connectivity index (χ0n) is 19.0. The van der Waals surface area contributed by atoms with Crippen LogP contribution in [-0.4, -0.2) is 9.97 Å². The van der Waals surface area contributed by atoms with Crippen molar-refractivity contribution in [1.82, 2.24) is 9.97 Å². The van der Waals surface area contributed by atoms with E-state index < -0.39 is 0 Å². The van der Waals surface area contributed by atoms with E-state index in [9.17, 15) is 0 Å². The van der Waals surface area contributed by atoms with E-state index in [0.29, 0.717) is 5.92 Å². The number of hydrogen-bond donors (Lipinski definition) is 0. The zero-order valence-corrected chi connectivity index (χ0v) is 19.0. The molecule has 0 saturated carbocycles. The molecule has 2 nitrogen and oxygen atoms in total. The lowest BCUT2D eigenvalue weighted by molar-refractivity contribution is 0.373. The van der Waals surface area contributed by atoms with Crippen molar-refractivity contribution in [3.05, 3.63) is 59.2 Å². The maximum atomic E-state index is 4.60. The summed E-state index contributed by atoms with van der Waals surface area (Å²) in [6.45, 7) is 9.30. The van der Waals surface area contributed by atoms with Gasteiger partial charge in [0.05, 0.1) is 0 Å². The molecule has 0 bridgehead atoms. The van der Waals surface area contributed by atoms with Crippen molar-refractivity contribution in [2.24, 2.45) is 11.8 Å². The van der Waals surface area contributed by atoms with E-state index in [-0.39, 0.29) is 0 Å². The molecule has 2 aliphatic rings. The van der Waals surface area contributed by atoms with E-state index in [1.54, 1.807) is 0 Å². The Hall–Kier alpha value is -1.70. The SMILES string of the molecule is CCC(C)C1CCCc2cccnc21.CCCC(C)C1CCCc2cccnc21. The standard InChI is InChI=1S/C14H21N.C13H19N/c1-3-6-11(2)13-9-4-7-12-8-5-10-15-14(12)13;1-3-10(2)12-8-4-6-11-7-5-9-14-13(11)12/h5,8,10-11,13H,3-4,6-7,9H2,1-2H3;5,7,9-10,12H,3-4,6,8H2,1-2H3. The van der Waals surface area contributed by atoms with Gasteiger partial charge >= 0.3 is 0 Å². The molecule has 2 heterocycles. The van der Waals surface area contributed by atoms with Gasteiger partial charge in [-0.2, -0.15) is 0 Å². The normalized spacial score (nSPS) is 22.5. The van der Waals surface area contributed by atoms with Gasteiger partial charge in [0.15, 0.2) is 0 Å². The van der Waals surface area contributed by atoms with E-state index in [1.807, 2.05) is 12.4 Å². The number of fused-ring (bicyclic) bond motifs is 2. The van der Waals surface area contributed by atoms with Crippen LogP contribution in [0, 0.1) is 11.8 Å². The quantitative estimate of drug-likeness (QED) is 0.527. The van der Waals surface area contributed by atoms with Crippen LogP contribution in [0.2, 0.25) is 0 Å². The molecule has 4 unspecified atom stereocenters. The van der Waals surface area contributed by atoms with Crippen molar-refractivity contribution in [1.29, 1.82) is 0 Å². The molecule has 0 radical (unpaired) electrons. The first-order valence-corrected chi connectivity index (χ1v) is 12.0. The molecule has 4 atom stereocenters. The fourth-order valence-electron chi connectivity index (χ4n) is 5.34. The van der Waals surface area contributed by atoms with Crippen LogP contribution >= 0.6 is 0 Å². The Morgan fingerprint density at radius 1 is 0.828 bits per heavy atom. The summed E-state index contributed by atoms with van der Waals surface area (Å²) in [4.78, 5) is 9.17. The molecule has 0 aromatic carbocycles. The molecular weight excluding hydrogens is 352 g/mol. The Bertz CT molecular complexity index is 754. The van der Waals surface area contributed by atoms with Gasteiger partial charge in [-0.15, -0.1) is 0 Å². The summed E-state index contributed by atoms with van der Waals surface area (Å²) in [6, 6.07) is 8.65. The van der Waals surface area contributed by atoms with E-state index >= 15 is 0 Å². The molecule has 0 fully saturated rings. The molecule has 2 aliphatic carbocycles. The van der Waals surface area contributed by atoms with E-state index in [2.05, 4.69) is 61.9 Å². The van der Waals surface area contributed by atoms with E-state index in [0.717, 1.165) is 17.8 Å². The van der Waals surface area contributed by atoms with Gasteiger partial charge in [0.1, 0.15) is 0 Å². The van der Waals surface area contributed by atoms with Crippen molar-refractivity contribution in [2.75, 3.05) is 0 Å². The van der Waals surface area contributed by atoms with E-state index in [1.165, 1.54) is 80.3 Å². The van der Waals surface area contributed by atoms with Gasteiger partial charge in [-0.3, -0.25) is 9.97 Å². The van der Waals surface area contributed by atoms with Crippen LogP contribution in [0.3, 0.4) is 0 Å². The molecular formula is C27H40N2. The van der Waals surface area contributed by atoms with Crippen molar-refractivity contribution in [3.63, 3.8) is 0 Å². The fourth-order valence-corrected chi connectivity index (χ4v) is 5.34. The lowest BCUT2D eigenvalue weighted by Gasteiger charge is -2.29. The molecule has 0 aliphatic heterocycles. The average molecular weight is 393 g/mol. The molecule has 0 saturated heterocycles. The van der Waals surface area contributed by atoms with Gasteiger partial charge in [-0.05, 0) is 73.6 Å². The van der Waals surface area contributed by atoms with Crippen molar-refractivity contribution in [3.8, 4) is 0 Å². The van der Waals surface area contributed by atoms with Crippen LogP contribution in [0.25, 0.3) is 0 Å². The third kappa shape index (κ3) is 5.47. The maximum Gasteiger partial charge on any atom is 0.0469 e. The van der Waals surface area contributed by atoms with Gasteiger partial charge < -0.3 is 0 Å². The molecule has 2 aromatic heterocycles. The highest BCUT2D eigenvalue weighted by molar-refractivity contribution is 5.27. The number of pyridine rings is 2. The van der Waals surface area contributed by atoms with Gasteiger partial charge in [0.2, 0.25) is 0 Å². The third-order valence-corrected chi connectivity index (χ3v) is 7.24. The molecule has 158 valence electrons. The van der Waals surface area contributed by atoms with Crippen LogP contribution < -0.4 is 0 Å². The lowest BCUT2D eigenvalue weighted by atomic mass is 9.78. The Morgan fingerprint density at radius 3 is 1.83 bits per heavy atom. The average Bonchev–Trinajstić information content (AvgIpc) is 2.78. The largest absolute Gasteiger partial charge is 0.261 e. The first kappa shape index (κ1) is 22.0. The van der Waals surface area contributed by atoms with Crippen molar-refractivity contribution >= 4 is 0 Å². The number of hydrogen-bond acceptors (Lipinski definition) is 2. The van der Waals surface area contributed by atoms with Gasteiger partial charge in [0, 0.05) is 35.6 Å². The minimum Gasteiger partial charge on any atom is -0.261 e. The minimum atomic E-state index is 0.713. The number of aryl methyl sites for hydroxylation is 2. The molecule has 0 spiro atoms. The summed E-state index contributed by atoms with van der Waals surface area (Å²) < 4.78 is 0. The van der Waals surface area contributed by atoms with Crippen LogP contribution in [0.15, 0.2) is 36.7 Å². The van der Waals surface area contributed by atoms with E-state index in [4.69, 9.17) is 0 Å². The van der Waals surface area contributed by atoms with Crippen LogP contribution in [-0.2, 0) is 12.8 Å². The summed E-state index contributed by atoms with van der Waals surface area (Å²) in [5.74, 6) is 3.01. The summed E-state index contributed by atoms with van der Waals surface area (Å²) >= 11 is 0. The first-order chi connectivity index (χ1) is 14.2. The second kappa shape index (κ2) is 10.9. The number of aromatic nitrogens is 2. The summed E-state index contributed by atoms with van der Waals surface area (Å²) in [6.07, 6.45) is 15.6. The van der Waals surface area contributed by atoms with Gasteiger partial charge in [0.25, 0.3) is 0 Å². The summed E-state index contributed by atoms with van der Waals surface area (Å²) in [5, 5.41) is 0. The van der Waals surface area contributed by atoms with Crippen LogP contribution in [0.4, 0.5) is 0 Å². The highest BCUT2D eigenvalue weighted by Gasteiger charge is 2.26. The zero-order chi connectivity index (χ0) is 20.6. The molecule has 29 heavy (non-hydrogen) atoms. The predicted octanol–water partition coefficient (Wildman–Crippen LogP) is 7.49. The number of nitrogens with zero attached hydrogens (tertiary/aromatic N) is 2. The van der Waals surface area contributed by atoms with Crippen molar-refractivity contribution in [2.45, 2.75) is 97.3 Å². The Balaban J connectivity index is 0.000000166. The number of rotatable bonds is 5. The lowest BCUT2D eigenvalue weighted by Crippen LogP contribution is -2.18. The second-order valence-electron chi connectivity index (χ2n) is 9.24. The second-order valence-corrected chi connectivity index (χ2v) is 9.24. The van der Waals surface area contributed by atoms with Crippen molar-refractivity contribution < 1.29 is 0 Å². The molecule has 0 amide bonds. The summed E-state index contributed by atoms with van der Waals surface area (Å²) in [5.41, 5.74) is 5.76. The molecule has 2 heteroatoms. The molecule has 0 N–H and O–H groups in total. The predicted molar refractivity (Wildman–Crippen MR) is 123 cm³/mol. The summed E-state index contributed by atoms with van der Waals surface area (Å²) in [7, 11) is 0. The smallest absolute Gasteiger partial charge is 0.0469 e. The van der Waals surface area contributed by atoms with Gasteiger partial charge in [-0.1, -0.05) is 59.1 Å². The highest BCUT2D eigenvalue weighted by Crippen LogP contribution is 2.37. The topological polar surface area (TPSA) is 25.8 Å². The molecule has 4 rings (SSSR count). The minimum absolute atomic E-state index is 0.713.